The summed E-state index contributed by atoms with van der Waals surface area (Å²) in [6.07, 6.45) is 2.02. The molecule has 2 rings (SSSR count). The first-order chi connectivity index (χ1) is 9.40. The number of carbonyl (C=O) groups is 1. The summed E-state index contributed by atoms with van der Waals surface area (Å²) in [6.45, 7) is 0.912. The van der Waals surface area contributed by atoms with Crippen LogP contribution in [0.2, 0.25) is 0 Å². The number of carbonyl (C=O) groups excluding carboxylic acids is 1. The molecule has 0 atom stereocenters. The Bertz CT molecular complexity index is 609. The molecule has 0 N–H and O–H groups in total. The molecule has 1 heterocycles. The van der Waals surface area contributed by atoms with Gasteiger partial charge in [0.15, 0.2) is 0 Å². The van der Waals surface area contributed by atoms with Crippen molar-refractivity contribution >= 4 is 5.97 Å². The van der Waals surface area contributed by atoms with Gasteiger partial charge in [-0.25, -0.2) is 4.79 Å². The molecule has 0 fully saturated rings. The Kier molecular flexibility index (Phi) is 3.95. The number of methoxy groups -OCH3 is 1. The second-order valence-corrected chi connectivity index (χ2v) is 5.86. The highest BCUT2D eigenvalue weighted by molar-refractivity contribution is 5.89. The van der Waals surface area contributed by atoms with Gasteiger partial charge < -0.3 is 13.8 Å². The van der Waals surface area contributed by atoms with E-state index in [2.05, 4.69) is 31.8 Å². The van der Waals surface area contributed by atoms with Crippen molar-refractivity contribution in [3.05, 3.63) is 53.9 Å². The van der Waals surface area contributed by atoms with Gasteiger partial charge in [-0.3, -0.25) is 0 Å². The van der Waals surface area contributed by atoms with Crippen LogP contribution in [0.4, 0.5) is 0 Å². The van der Waals surface area contributed by atoms with Crippen molar-refractivity contribution in [2.24, 2.45) is 0 Å². The molecule has 1 aromatic heterocycles. The van der Waals surface area contributed by atoms with E-state index in [9.17, 15) is 4.79 Å². The van der Waals surface area contributed by atoms with Crippen molar-refractivity contribution in [3.63, 3.8) is 0 Å². The van der Waals surface area contributed by atoms with Gasteiger partial charge in [0.2, 0.25) is 0 Å². The van der Waals surface area contributed by atoms with Crippen molar-refractivity contribution in [2.45, 2.75) is 6.54 Å². The van der Waals surface area contributed by atoms with Crippen molar-refractivity contribution in [3.8, 4) is 5.69 Å². The maximum Gasteiger partial charge on any atom is 0.337 e. The zero-order chi connectivity index (χ0) is 14.8. The summed E-state index contributed by atoms with van der Waals surface area (Å²) >= 11 is 0. The lowest BCUT2D eigenvalue weighted by molar-refractivity contribution is -0.884. The molecule has 0 saturated carbocycles. The topological polar surface area (TPSA) is 31.2 Å². The first-order valence-corrected chi connectivity index (χ1v) is 6.56. The van der Waals surface area contributed by atoms with Crippen LogP contribution in [0, 0.1) is 0 Å². The zero-order valence-corrected chi connectivity index (χ0v) is 12.5. The van der Waals surface area contributed by atoms with Gasteiger partial charge in [0, 0.05) is 11.9 Å². The van der Waals surface area contributed by atoms with Gasteiger partial charge in [0.1, 0.15) is 6.54 Å². The normalized spacial score (nSPS) is 11.4. The van der Waals surface area contributed by atoms with Crippen LogP contribution in [0.15, 0.2) is 42.6 Å². The largest absolute Gasteiger partial charge is 0.465 e. The van der Waals surface area contributed by atoms with E-state index in [1.165, 1.54) is 12.8 Å². The molecule has 4 heteroatoms. The van der Waals surface area contributed by atoms with Crippen molar-refractivity contribution < 1.29 is 14.0 Å². The Morgan fingerprint density at radius 1 is 1.20 bits per heavy atom. The van der Waals surface area contributed by atoms with Gasteiger partial charge in [0.25, 0.3) is 0 Å². The first-order valence-electron chi connectivity index (χ1n) is 6.56. The number of aromatic nitrogens is 1. The molecule has 0 bridgehead atoms. The molecule has 0 aliphatic heterocycles. The molecule has 0 unspecified atom stereocenters. The van der Waals surface area contributed by atoms with Crippen LogP contribution in [-0.4, -0.2) is 43.3 Å². The second kappa shape index (κ2) is 5.51. The van der Waals surface area contributed by atoms with E-state index in [4.69, 9.17) is 4.74 Å². The minimum atomic E-state index is -0.313. The van der Waals surface area contributed by atoms with E-state index in [-0.39, 0.29) is 5.97 Å². The zero-order valence-electron chi connectivity index (χ0n) is 12.5. The second-order valence-electron chi connectivity index (χ2n) is 5.86. The van der Waals surface area contributed by atoms with Crippen LogP contribution < -0.4 is 0 Å². The number of rotatable bonds is 4. The van der Waals surface area contributed by atoms with E-state index >= 15 is 0 Å². The highest BCUT2D eigenvalue weighted by atomic mass is 16.5. The maximum atomic E-state index is 11.6. The number of hydrogen-bond acceptors (Lipinski definition) is 2. The minimum Gasteiger partial charge on any atom is -0.465 e. The predicted octanol–water partition coefficient (Wildman–Crippen LogP) is 2.47. The summed E-state index contributed by atoms with van der Waals surface area (Å²) < 4.78 is 7.72. The van der Waals surface area contributed by atoms with E-state index in [1.807, 2.05) is 30.5 Å². The average Bonchev–Trinajstić information content (AvgIpc) is 2.83. The first kappa shape index (κ1) is 14.3. The SMILES string of the molecule is COC(=O)c1cccc(-n2cccc2C[N+](C)(C)C)c1. The van der Waals surface area contributed by atoms with Gasteiger partial charge in [-0.2, -0.15) is 0 Å². The smallest absolute Gasteiger partial charge is 0.337 e. The highest BCUT2D eigenvalue weighted by Crippen LogP contribution is 2.17. The summed E-state index contributed by atoms with van der Waals surface area (Å²) in [6, 6.07) is 11.6. The summed E-state index contributed by atoms with van der Waals surface area (Å²) in [4.78, 5) is 11.6. The lowest BCUT2D eigenvalue weighted by Crippen LogP contribution is -2.34. The summed E-state index contributed by atoms with van der Waals surface area (Å²) in [5, 5.41) is 0. The van der Waals surface area contributed by atoms with Crippen LogP contribution in [0.1, 0.15) is 16.1 Å². The lowest BCUT2D eigenvalue weighted by Gasteiger charge is -2.24. The summed E-state index contributed by atoms with van der Waals surface area (Å²) in [5.74, 6) is -0.313. The van der Waals surface area contributed by atoms with Crippen LogP contribution in [0.3, 0.4) is 0 Å². The Morgan fingerprint density at radius 3 is 2.60 bits per heavy atom. The van der Waals surface area contributed by atoms with Crippen LogP contribution in [-0.2, 0) is 11.3 Å². The van der Waals surface area contributed by atoms with Gasteiger partial charge in [-0.15, -0.1) is 0 Å². The number of hydrogen-bond donors (Lipinski definition) is 0. The molecule has 0 aliphatic carbocycles. The molecule has 0 saturated heterocycles. The molecular formula is C16H21N2O2+. The van der Waals surface area contributed by atoms with Crippen LogP contribution in [0.25, 0.3) is 5.69 Å². The molecular weight excluding hydrogens is 252 g/mol. The molecule has 0 radical (unpaired) electrons. The van der Waals surface area contributed by atoms with E-state index in [1.54, 1.807) is 6.07 Å². The number of benzene rings is 1. The monoisotopic (exact) mass is 273 g/mol. The molecule has 0 amide bonds. The van der Waals surface area contributed by atoms with E-state index < -0.39 is 0 Å². The van der Waals surface area contributed by atoms with Gasteiger partial charge >= 0.3 is 5.97 Å². The highest BCUT2D eigenvalue weighted by Gasteiger charge is 2.14. The van der Waals surface area contributed by atoms with Crippen molar-refractivity contribution in [1.82, 2.24) is 4.57 Å². The number of esters is 1. The van der Waals surface area contributed by atoms with Crippen LogP contribution >= 0.6 is 0 Å². The third-order valence-corrected chi connectivity index (χ3v) is 3.01. The molecule has 0 aliphatic rings. The number of quaternary nitrogens is 1. The van der Waals surface area contributed by atoms with E-state index in [0.717, 1.165) is 16.7 Å². The van der Waals surface area contributed by atoms with Crippen molar-refractivity contribution in [2.75, 3.05) is 28.3 Å². The standard InChI is InChI=1S/C16H21N2O2/c1-18(2,3)12-15-9-6-10-17(15)14-8-5-7-13(11-14)16(19)20-4/h5-11H,12H2,1-4H3/q+1. The summed E-state index contributed by atoms with van der Waals surface area (Å²) in [5.41, 5.74) is 2.75. The number of ether oxygens (including phenoxy) is 1. The predicted molar refractivity (Wildman–Crippen MR) is 78.8 cm³/mol. The molecule has 0 spiro atoms. The molecule has 2 aromatic rings. The fraction of sp³-hybridized carbons (Fsp3) is 0.312. The lowest BCUT2D eigenvalue weighted by atomic mass is 10.2. The fourth-order valence-corrected chi connectivity index (χ4v) is 2.18. The molecule has 20 heavy (non-hydrogen) atoms. The minimum absolute atomic E-state index is 0.313. The molecule has 4 nitrogen and oxygen atoms in total. The Hall–Kier alpha value is -2.07. The molecule has 106 valence electrons. The average molecular weight is 273 g/mol. The maximum absolute atomic E-state index is 11.6. The summed E-state index contributed by atoms with van der Waals surface area (Å²) in [7, 11) is 7.86. The van der Waals surface area contributed by atoms with Crippen LogP contribution in [0.5, 0.6) is 0 Å². The number of nitrogens with zero attached hydrogens (tertiary/aromatic N) is 2. The van der Waals surface area contributed by atoms with Gasteiger partial charge in [0.05, 0.1) is 39.5 Å². The van der Waals surface area contributed by atoms with Crippen molar-refractivity contribution in [1.29, 1.82) is 0 Å². The Labute approximate surface area is 119 Å². The third kappa shape index (κ3) is 3.27. The molecule has 1 aromatic carbocycles. The quantitative estimate of drug-likeness (QED) is 0.633. The Balaban J connectivity index is 2.37. The third-order valence-electron chi connectivity index (χ3n) is 3.01. The van der Waals surface area contributed by atoms with E-state index in [0.29, 0.717) is 5.56 Å². The van der Waals surface area contributed by atoms with Gasteiger partial charge in [-0.05, 0) is 30.3 Å². The Morgan fingerprint density at radius 2 is 1.95 bits per heavy atom. The fourth-order valence-electron chi connectivity index (χ4n) is 2.18. The van der Waals surface area contributed by atoms with Gasteiger partial charge in [-0.1, -0.05) is 6.07 Å².